The summed E-state index contributed by atoms with van der Waals surface area (Å²) in [5.41, 5.74) is 11.1. The SMILES string of the molecule is N#Cc1ccc(CN2CCC(/C(N)=C3\c4cc[nH]c4N=CN3N)CC2)cc1. The molecule has 138 valence electrons. The molecule has 2 aromatic rings. The minimum Gasteiger partial charge on any atom is -0.400 e. The van der Waals surface area contributed by atoms with Gasteiger partial charge < -0.3 is 10.7 Å². The number of allylic oxidation sites excluding steroid dienone is 1. The molecule has 27 heavy (non-hydrogen) atoms. The first-order chi connectivity index (χ1) is 13.2. The second-order valence-electron chi connectivity index (χ2n) is 7.05. The number of hydrogen-bond acceptors (Lipinski definition) is 6. The van der Waals surface area contributed by atoms with Gasteiger partial charge in [0.15, 0.2) is 0 Å². The molecular formula is C20H23N7. The molecule has 2 aliphatic heterocycles. The number of H-pyrrole nitrogens is 1. The molecule has 0 radical (unpaired) electrons. The number of fused-ring (bicyclic) bond motifs is 1. The smallest absolute Gasteiger partial charge is 0.141 e. The second kappa shape index (κ2) is 7.27. The zero-order valence-electron chi connectivity index (χ0n) is 15.1. The molecule has 3 heterocycles. The third-order valence-corrected chi connectivity index (χ3v) is 5.34. The van der Waals surface area contributed by atoms with Crippen LogP contribution in [0.4, 0.5) is 5.82 Å². The molecule has 1 saturated heterocycles. The summed E-state index contributed by atoms with van der Waals surface area (Å²) in [6, 6.07) is 11.9. The van der Waals surface area contributed by atoms with Gasteiger partial charge in [0.05, 0.1) is 17.3 Å². The van der Waals surface area contributed by atoms with Crippen molar-refractivity contribution >= 4 is 17.9 Å². The van der Waals surface area contributed by atoms with Gasteiger partial charge in [0.1, 0.15) is 12.2 Å². The number of aromatic nitrogens is 1. The number of nitrogens with two attached hydrogens (primary N) is 2. The largest absolute Gasteiger partial charge is 0.400 e. The Bertz CT molecular complexity index is 909. The Morgan fingerprint density at radius 1 is 1.22 bits per heavy atom. The van der Waals surface area contributed by atoms with Crippen LogP contribution < -0.4 is 11.6 Å². The van der Waals surface area contributed by atoms with Crippen molar-refractivity contribution in [3.05, 3.63) is 58.9 Å². The average molecular weight is 361 g/mol. The summed E-state index contributed by atoms with van der Waals surface area (Å²) in [6.07, 6.45) is 5.45. The minimum absolute atomic E-state index is 0.303. The van der Waals surface area contributed by atoms with Crippen LogP contribution in [0.5, 0.6) is 0 Å². The van der Waals surface area contributed by atoms with Crippen molar-refractivity contribution in [1.82, 2.24) is 14.9 Å². The molecule has 4 rings (SSSR count). The van der Waals surface area contributed by atoms with Crippen molar-refractivity contribution in [3.8, 4) is 6.07 Å². The highest BCUT2D eigenvalue weighted by molar-refractivity contribution is 5.86. The number of benzene rings is 1. The van der Waals surface area contributed by atoms with E-state index >= 15 is 0 Å². The quantitative estimate of drug-likeness (QED) is 0.726. The summed E-state index contributed by atoms with van der Waals surface area (Å²) < 4.78 is 0. The second-order valence-corrected chi connectivity index (χ2v) is 7.05. The Kier molecular flexibility index (Phi) is 4.67. The predicted octanol–water partition coefficient (Wildman–Crippen LogP) is 2.27. The van der Waals surface area contributed by atoms with Gasteiger partial charge in [-0.25, -0.2) is 10.8 Å². The number of hydrogen-bond donors (Lipinski definition) is 3. The van der Waals surface area contributed by atoms with Gasteiger partial charge >= 0.3 is 0 Å². The molecule has 0 unspecified atom stereocenters. The number of likely N-dealkylation sites (tertiary alicyclic amines) is 1. The number of aromatic amines is 1. The molecule has 0 spiro atoms. The summed E-state index contributed by atoms with van der Waals surface area (Å²) in [7, 11) is 0. The van der Waals surface area contributed by atoms with Crippen LogP contribution in [0.1, 0.15) is 29.5 Å². The molecule has 7 nitrogen and oxygen atoms in total. The first-order valence-corrected chi connectivity index (χ1v) is 9.12. The first kappa shape index (κ1) is 17.3. The topological polar surface area (TPSA) is 110 Å². The Labute approximate surface area is 158 Å². The summed E-state index contributed by atoms with van der Waals surface area (Å²) in [5.74, 6) is 7.21. The number of aliphatic imine (C=N–C) groups is 1. The number of nitriles is 1. The number of hydrazine groups is 1. The van der Waals surface area contributed by atoms with E-state index in [0.717, 1.165) is 55.3 Å². The lowest BCUT2D eigenvalue weighted by atomic mass is 9.91. The van der Waals surface area contributed by atoms with E-state index in [1.165, 1.54) is 10.6 Å². The fourth-order valence-electron chi connectivity index (χ4n) is 3.82. The molecule has 0 aliphatic carbocycles. The van der Waals surface area contributed by atoms with E-state index in [9.17, 15) is 0 Å². The number of nitrogens with zero attached hydrogens (tertiary/aromatic N) is 4. The zero-order valence-corrected chi connectivity index (χ0v) is 15.1. The number of rotatable bonds is 3. The van der Waals surface area contributed by atoms with Crippen molar-refractivity contribution in [2.45, 2.75) is 19.4 Å². The molecule has 0 amide bonds. The maximum atomic E-state index is 8.91. The lowest BCUT2D eigenvalue weighted by molar-refractivity contribution is 0.190. The van der Waals surface area contributed by atoms with Crippen LogP contribution in [0.25, 0.3) is 5.70 Å². The van der Waals surface area contributed by atoms with Crippen molar-refractivity contribution in [1.29, 1.82) is 5.26 Å². The van der Waals surface area contributed by atoms with Crippen LogP contribution in [0.2, 0.25) is 0 Å². The summed E-state index contributed by atoms with van der Waals surface area (Å²) in [5, 5.41) is 10.4. The molecule has 0 bridgehead atoms. The fourth-order valence-corrected chi connectivity index (χ4v) is 3.82. The molecule has 1 aromatic carbocycles. The third-order valence-electron chi connectivity index (χ3n) is 5.34. The van der Waals surface area contributed by atoms with Crippen LogP contribution in [0.15, 0.2) is 47.2 Å². The van der Waals surface area contributed by atoms with E-state index in [2.05, 4.69) is 20.9 Å². The van der Waals surface area contributed by atoms with Crippen molar-refractivity contribution in [2.24, 2.45) is 22.5 Å². The monoisotopic (exact) mass is 361 g/mol. The van der Waals surface area contributed by atoms with Gasteiger partial charge in [0.25, 0.3) is 0 Å². The van der Waals surface area contributed by atoms with E-state index < -0.39 is 0 Å². The Morgan fingerprint density at radius 2 is 1.96 bits per heavy atom. The van der Waals surface area contributed by atoms with Crippen LogP contribution in [-0.4, -0.2) is 34.3 Å². The van der Waals surface area contributed by atoms with E-state index in [4.69, 9.17) is 16.8 Å². The molecule has 1 aromatic heterocycles. The van der Waals surface area contributed by atoms with Crippen LogP contribution >= 0.6 is 0 Å². The van der Waals surface area contributed by atoms with Crippen LogP contribution in [-0.2, 0) is 6.54 Å². The molecule has 0 saturated carbocycles. The molecule has 7 heteroatoms. The number of nitrogens with one attached hydrogen (secondary N) is 1. The van der Waals surface area contributed by atoms with Crippen molar-refractivity contribution in [2.75, 3.05) is 13.1 Å². The Morgan fingerprint density at radius 3 is 2.67 bits per heavy atom. The van der Waals surface area contributed by atoms with Gasteiger partial charge in [0.2, 0.25) is 0 Å². The van der Waals surface area contributed by atoms with Gasteiger partial charge in [-0.2, -0.15) is 5.26 Å². The fraction of sp³-hybridized carbons (Fsp3) is 0.300. The van der Waals surface area contributed by atoms with Crippen LogP contribution in [0, 0.1) is 17.2 Å². The van der Waals surface area contributed by atoms with E-state index in [1.54, 1.807) is 6.34 Å². The third kappa shape index (κ3) is 3.45. The lowest BCUT2D eigenvalue weighted by Gasteiger charge is -2.34. The highest BCUT2D eigenvalue weighted by Gasteiger charge is 2.27. The van der Waals surface area contributed by atoms with Gasteiger partial charge in [-0.1, -0.05) is 12.1 Å². The first-order valence-electron chi connectivity index (χ1n) is 9.12. The molecular weight excluding hydrogens is 338 g/mol. The van der Waals surface area contributed by atoms with E-state index in [0.29, 0.717) is 11.5 Å². The molecule has 2 aliphatic rings. The number of piperidine rings is 1. The maximum absolute atomic E-state index is 8.91. The molecule has 0 atom stereocenters. The zero-order chi connectivity index (χ0) is 18.8. The van der Waals surface area contributed by atoms with Gasteiger partial charge in [-0.3, -0.25) is 9.91 Å². The highest BCUT2D eigenvalue weighted by atomic mass is 15.4. The van der Waals surface area contributed by atoms with Gasteiger partial charge in [-0.05, 0) is 49.7 Å². The minimum atomic E-state index is 0.303. The summed E-state index contributed by atoms with van der Waals surface area (Å²) >= 11 is 0. The average Bonchev–Trinajstić information content (AvgIpc) is 3.17. The predicted molar refractivity (Wildman–Crippen MR) is 105 cm³/mol. The van der Waals surface area contributed by atoms with Gasteiger partial charge in [-0.15, -0.1) is 0 Å². The maximum Gasteiger partial charge on any atom is 0.141 e. The lowest BCUT2D eigenvalue weighted by Crippen LogP contribution is -2.37. The van der Waals surface area contributed by atoms with Gasteiger partial charge in [0, 0.05) is 29.9 Å². The Hall–Kier alpha value is -3.08. The normalized spacial score (nSPS) is 19.6. The van der Waals surface area contributed by atoms with E-state index in [-0.39, 0.29) is 0 Å². The standard InChI is InChI=1S/C20H23N7/c21-11-14-1-3-15(4-2-14)12-26-9-6-16(7-10-26)18(22)19-17-5-8-24-20(17)25-13-27(19)23/h1-5,8,13,16,24H,6-7,9-10,12,22-23H2/b19-18-. The van der Waals surface area contributed by atoms with Crippen molar-refractivity contribution < 1.29 is 0 Å². The van der Waals surface area contributed by atoms with Crippen molar-refractivity contribution in [3.63, 3.8) is 0 Å². The molecule has 5 N–H and O–H groups in total. The summed E-state index contributed by atoms with van der Waals surface area (Å²) in [6.45, 7) is 2.86. The van der Waals surface area contributed by atoms with Crippen LogP contribution in [0.3, 0.4) is 0 Å². The Balaban J connectivity index is 1.43. The summed E-state index contributed by atoms with van der Waals surface area (Å²) in [4.78, 5) is 9.83. The molecule has 1 fully saturated rings. The highest BCUT2D eigenvalue weighted by Crippen LogP contribution is 2.34. The van der Waals surface area contributed by atoms with E-state index in [1.807, 2.05) is 36.5 Å².